The topological polar surface area (TPSA) is 29.5 Å². The maximum Gasteiger partial charge on any atom is 0.0639 e. The summed E-state index contributed by atoms with van der Waals surface area (Å²) in [6.07, 6.45) is 3.21. The third kappa shape index (κ3) is 2.12. The van der Waals surface area contributed by atoms with Crippen LogP contribution < -0.4 is 0 Å². The van der Waals surface area contributed by atoms with E-state index in [4.69, 9.17) is 9.84 Å². The van der Waals surface area contributed by atoms with E-state index in [1.807, 2.05) is 6.92 Å². The summed E-state index contributed by atoms with van der Waals surface area (Å²) < 4.78 is 5.18. The molecule has 58 valence electrons. The molecule has 1 aliphatic rings. The van der Waals surface area contributed by atoms with E-state index in [-0.39, 0.29) is 6.61 Å². The highest BCUT2D eigenvalue weighted by Crippen LogP contribution is 2.14. The van der Waals surface area contributed by atoms with Crippen LogP contribution in [0.3, 0.4) is 0 Å². The summed E-state index contributed by atoms with van der Waals surface area (Å²) in [7, 11) is 0. The lowest BCUT2D eigenvalue weighted by Crippen LogP contribution is -1.96. The second-order valence-corrected chi connectivity index (χ2v) is 2.79. The maximum atomic E-state index is 8.69. The first-order chi connectivity index (χ1) is 4.83. The molecule has 0 aliphatic carbocycles. The summed E-state index contributed by atoms with van der Waals surface area (Å²) in [5, 5.41) is 8.69. The molecule has 1 unspecified atom stereocenters. The first kappa shape index (κ1) is 7.76. The fourth-order valence-electron chi connectivity index (χ4n) is 1.14. The van der Waals surface area contributed by atoms with Crippen molar-refractivity contribution >= 4 is 0 Å². The number of rotatable bonds is 2. The van der Waals surface area contributed by atoms with E-state index in [0.29, 0.717) is 5.92 Å². The molecule has 0 bridgehead atoms. The molecule has 1 saturated heterocycles. The predicted octanol–water partition coefficient (Wildman–Crippen LogP) is 0.962. The largest absolute Gasteiger partial charge is 0.392 e. The Morgan fingerprint density at radius 1 is 1.80 bits per heavy atom. The maximum absolute atomic E-state index is 8.69. The highest BCUT2D eigenvalue weighted by Gasteiger charge is 2.12. The Labute approximate surface area is 61.5 Å². The number of hydrogen-bond acceptors (Lipinski definition) is 2. The van der Waals surface area contributed by atoms with Crippen molar-refractivity contribution in [2.75, 3.05) is 19.8 Å². The van der Waals surface area contributed by atoms with Gasteiger partial charge in [0.25, 0.3) is 0 Å². The van der Waals surface area contributed by atoms with Gasteiger partial charge in [-0.15, -0.1) is 0 Å². The van der Waals surface area contributed by atoms with Crippen molar-refractivity contribution in [2.45, 2.75) is 13.3 Å². The van der Waals surface area contributed by atoms with Crippen molar-refractivity contribution in [3.63, 3.8) is 0 Å². The van der Waals surface area contributed by atoms with E-state index in [9.17, 15) is 0 Å². The van der Waals surface area contributed by atoms with Gasteiger partial charge in [-0.25, -0.2) is 0 Å². The average molecular weight is 142 g/mol. The molecule has 1 N–H and O–H groups in total. The molecular weight excluding hydrogens is 128 g/mol. The smallest absolute Gasteiger partial charge is 0.0639 e. The van der Waals surface area contributed by atoms with Gasteiger partial charge in [0, 0.05) is 12.5 Å². The van der Waals surface area contributed by atoms with Gasteiger partial charge in [-0.3, -0.25) is 0 Å². The molecule has 1 heterocycles. The lowest BCUT2D eigenvalue weighted by atomic mass is 10.1. The Morgan fingerprint density at radius 3 is 3.10 bits per heavy atom. The van der Waals surface area contributed by atoms with Gasteiger partial charge < -0.3 is 9.84 Å². The van der Waals surface area contributed by atoms with Crippen LogP contribution in [0.15, 0.2) is 11.6 Å². The number of aliphatic hydroxyl groups is 1. The van der Waals surface area contributed by atoms with E-state index < -0.39 is 0 Å². The first-order valence-corrected chi connectivity index (χ1v) is 3.69. The zero-order chi connectivity index (χ0) is 7.40. The predicted molar refractivity (Wildman–Crippen MR) is 39.8 cm³/mol. The van der Waals surface area contributed by atoms with Gasteiger partial charge in [0.15, 0.2) is 0 Å². The summed E-state index contributed by atoms with van der Waals surface area (Å²) >= 11 is 0. The van der Waals surface area contributed by atoms with Gasteiger partial charge in [0.2, 0.25) is 0 Å². The minimum atomic E-state index is 0.177. The van der Waals surface area contributed by atoms with E-state index in [1.54, 1.807) is 0 Å². The molecule has 0 aromatic heterocycles. The van der Waals surface area contributed by atoms with Crippen LogP contribution in [0.1, 0.15) is 13.3 Å². The quantitative estimate of drug-likeness (QED) is 0.582. The Morgan fingerprint density at radius 2 is 2.60 bits per heavy atom. The summed E-state index contributed by atoms with van der Waals surface area (Å²) in [4.78, 5) is 0. The van der Waals surface area contributed by atoms with Crippen LogP contribution in [0.5, 0.6) is 0 Å². The van der Waals surface area contributed by atoms with Crippen LogP contribution in [0, 0.1) is 5.92 Å². The molecule has 1 fully saturated rings. The van der Waals surface area contributed by atoms with Gasteiger partial charge in [0.1, 0.15) is 0 Å². The van der Waals surface area contributed by atoms with E-state index in [1.165, 1.54) is 0 Å². The van der Waals surface area contributed by atoms with Gasteiger partial charge in [-0.2, -0.15) is 0 Å². The van der Waals surface area contributed by atoms with Crippen molar-refractivity contribution in [3.8, 4) is 0 Å². The lowest BCUT2D eigenvalue weighted by Gasteiger charge is -2.00. The van der Waals surface area contributed by atoms with Crippen LogP contribution >= 0.6 is 0 Å². The summed E-state index contributed by atoms with van der Waals surface area (Å²) in [6.45, 7) is 3.83. The Hall–Kier alpha value is -0.340. The molecule has 0 saturated carbocycles. The highest BCUT2D eigenvalue weighted by atomic mass is 16.5. The summed E-state index contributed by atoms with van der Waals surface area (Å²) in [5.74, 6) is 0.548. The Balaban J connectivity index is 2.34. The van der Waals surface area contributed by atoms with Crippen LogP contribution in [-0.4, -0.2) is 24.9 Å². The van der Waals surface area contributed by atoms with Crippen molar-refractivity contribution in [2.24, 2.45) is 5.92 Å². The first-order valence-electron chi connectivity index (χ1n) is 3.69. The van der Waals surface area contributed by atoms with Gasteiger partial charge in [-0.05, 0) is 13.3 Å². The fraction of sp³-hybridized carbons (Fsp3) is 0.750. The normalized spacial score (nSPS) is 27.4. The third-order valence-corrected chi connectivity index (χ3v) is 1.73. The zero-order valence-electron chi connectivity index (χ0n) is 6.34. The number of ether oxygens (including phenoxy) is 1. The molecule has 1 aliphatic heterocycles. The molecule has 0 spiro atoms. The van der Waals surface area contributed by atoms with Crippen molar-refractivity contribution in [3.05, 3.63) is 11.6 Å². The molecule has 10 heavy (non-hydrogen) atoms. The standard InChI is InChI=1S/C8H14O2/c1-7(5-9)4-8-2-3-10-6-8/h4,8-9H,2-3,5-6H2,1H3. The van der Waals surface area contributed by atoms with Crippen molar-refractivity contribution in [1.82, 2.24) is 0 Å². The zero-order valence-corrected chi connectivity index (χ0v) is 6.34. The van der Waals surface area contributed by atoms with Crippen LogP contribution in [-0.2, 0) is 4.74 Å². The van der Waals surface area contributed by atoms with Crippen LogP contribution in [0.4, 0.5) is 0 Å². The molecule has 1 atom stereocenters. The number of aliphatic hydroxyl groups excluding tert-OH is 1. The monoisotopic (exact) mass is 142 g/mol. The summed E-state index contributed by atoms with van der Waals surface area (Å²) in [6, 6.07) is 0. The Kier molecular flexibility index (Phi) is 2.90. The van der Waals surface area contributed by atoms with Gasteiger partial charge in [-0.1, -0.05) is 11.6 Å². The average Bonchev–Trinajstić information content (AvgIpc) is 2.40. The van der Waals surface area contributed by atoms with Crippen LogP contribution in [0.25, 0.3) is 0 Å². The van der Waals surface area contributed by atoms with Crippen molar-refractivity contribution in [1.29, 1.82) is 0 Å². The summed E-state index contributed by atoms with van der Waals surface area (Å²) in [5.41, 5.74) is 1.05. The van der Waals surface area contributed by atoms with Gasteiger partial charge >= 0.3 is 0 Å². The highest BCUT2D eigenvalue weighted by molar-refractivity contribution is 5.01. The van der Waals surface area contributed by atoms with Gasteiger partial charge in [0.05, 0.1) is 13.2 Å². The minimum Gasteiger partial charge on any atom is -0.392 e. The number of hydrogen-bond donors (Lipinski definition) is 1. The molecule has 0 amide bonds. The van der Waals surface area contributed by atoms with Crippen LogP contribution in [0.2, 0.25) is 0 Å². The molecular formula is C8H14O2. The molecule has 2 nitrogen and oxygen atoms in total. The van der Waals surface area contributed by atoms with E-state index in [2.05, 4.69) is 6.08 Å². The van der Waals surface area contributed by atoms with E-state index in [0.717, 1.165) is 25.2 Å². The molecule has 2 heteroatoms. The fourth-order valence-corrected chi connectivity index (χ4v) is 1.14. The van der Waals surface area contributed by atoms with Crippen molar-refractivity contribution < 1.29 is 9.84 Å². The second-order valence-electron chi connectivity index (χ2n) is 2.79. The third-order valence-electron chi connectivity index (χ3n) is 1.73. The van der Waals surface area contributed by atoms with E-state index >= 15 is 0 Å². The lowest BCUT2D eigenvalue weighted by molar-refractivity contribution is 0.191. The second kappa shape index (κ2) is 3.74. The molecule has 0 radical (unpaired) electrons. The Bertz CT molecular complexity index is 123. The molecule has 0 aromatic carbocycles. The SMILES string of the molecule is CC(=CC1CCOC1)CO. The molecule has 0 aromatic rings. The molecule has 1 rings (SSSR count). The minimum absolute atomic E-state index is 0.177.